The zero-order chi connectivity index (χ0) is 18.4. The lowest BCUT2D eigenvalue weighted by Crippen LogP contribution is -2.53. The largest absolute Gasteiger partial charge is 0.481 e. The summed E-state index contributed by atoms with van der Waals surface area (Å²) in [7, 11) is 0. The number of nitrogens with one attached hydrogen (secondary N) is 2. The Balaban J connectivity index is 2.11. The van der Waals surface area contributed by atoms with E-state index in [1.54, 1.807) is 31.2 Å². The molecule has 1 fully saturated rings. The zero-order valence-electron chi connectivity index (χ0n) is 14.7. The van der Waals surface area contributed by atoms with Gasteiger partial charge in [-0.3, -0.25) is 14.4 Å². The number of amides is 2. The highest BCUT2D eigenvalue weighted by molar-refractivity contribution is 5.88. The fourth-order valence-corrected chi connectivity index (χ4v) is 3.39. The molecule has 0 aliphatic heterocycles. The van der Waals surface area contributed by atoms with Crippen LogP contribution in [0, 0.1) is 5.92 Å². The van der Waals surface area contributed by atoms with Gasteiger partial charge < -0.3 is 15.7 Å². The van der Waals surface area contributed by atoms with Gasteiger partial charge in [-0.2, -0.15) is 0 Å². The third-order valence-electron chi connectivity index (χ3n) is 5.01. The fourth-order valence-electron chi connectivity index (χ4n) is 3.39. The highest BCUT2D eigenvalue weighted by atomic mass is 16.4. The van der Waals surface area contributed by atoms with Gasteiger partial charge in [-0.1, -0.05) is 43.2 Å². The van der Waals surface area contributed by atoms with Crippen LogP contribution in [0.4, 0.5) is 0 Å². The number of hydrogen-bond donors (Lipinski definition) is 3. The lowest BCUT2D eigenvalue weighted by molar-refractivity contribution is -0.143. The van der Waals surface area contributed by atoms with E-state index in [1.807, 2.05) is 6.07 Å². The van der Waals surface area contributed by atoms with E-state index in [4.69, 9.17) is 0 Å². The first-order chi connectivity index (χ1) is 11.8. The Morgan fingerprint density at radius 3 is 2.32 bits per heavy atom. The quantitative estimate of drug-likeness (QED) is 0.702. The van der Waals surface area contributed by atoms with E-state index in [0.717, 1.165) is 25.7 Å². The number of carbonyl (C=O) groups excluding carboxylic acids is 2. The predicted molar refractivity (Wildman–Crippen MR) is 94.0 cm³/mol. The minimum Gasteiger partial charge on any atom is -0.481 e. The number of hydrogen-bond acceptors (Lipinski definition) is 3. The molecule has 2 rings (SSSR count). The maximum atomic E-state index is 12.6. The lowest BCUT2D eigenvalue weighted by atomic mass is 9.82. The van der Waals surface area contributed by atoms with Gasteiger partial charge in [-0.05, 0) is 31.2 Å². The number of benzene rings is 1. The summed E-state index contributed by atoms with van der Waals surface area (Å²) in [4.78, 5) is 35.9. The molecule has 0 bridgehead atoms. The second-order valence-electron chi connectivity index (χ2n) is 6.94. The average molecular weight is 346 g/mol. The third kappa shape index (κ3) is 4.59. The van der Waals surface area contributed by atoms with Gasteiger partial charge >= 0.3 is 5.97 Å². The molecule has 1 aliphatic carbocycles. The Hall–Kier alpha value is -2.37. The molecule has 136 valence electrons. The molecule has 0 spiro atoms. The Labute approximate surface area is 148 Å². The molecule has 2 atom stereocenters. The molecule has 1 aliphatic rings. The van der Waals surface area contributed by atoms with Crippen molar-refractivity contribution >= 4 is 17.8 Å². The molecular formula is C19H26N2O4. The van der Waals surface area contributed by atoms with E-state index >= 15 is 0 Å². The first-order valence-corrected chi connectivity index (χ1v) is 8.68. The molecule has 0 heterocycles. The maximum Gasteiger partial charge on any atom is 0.315 e. The van der Waals surface area contributed by atoms with Crippen LogP contribution in [0.25, 0.3) is 0 Å². The van der Waals surface area contributed by atoms with Crippen molar-refractivity contribution in [3.63, 3.8) is 0 Å². The van der Waals surface area contributed by atoms with Gasteiger partial charge in [0, 0.05) is 13.5 Å². The van der Waals surface area contributed by atoms with Crippen molar-refractivity contribution in [1.29, 1.82) is 0 Å². The molecule has 3 N–H and O–H groups in total. The summed E-state index contributed by atoms with van der Waals surface area (Å²) in [5.41, 5.74) is -0.604. The van der Waals surface area contributed by atoms with Crippen molar-refractivity contribution in [2.45, 2.75) is 51.0 Å². The fraction of sp³-hybridized carbons (Fsp3) is 0.526. The molecule has 1 aromatic rings. The molecule has 1 aromatic carbocycles. The monoisotopic (exact) mass is 346 g/mol. The Morgan fingerprint density at radius 1 is 1.20 bits per heavy atom. The summed E-state index contributed by atoms with van der Waals surface area (Å²) in [6, 6.07) is 8.24. The van der Waals surface area contributed by atoms with E-state index in [-0.39, 0.29) is 24.3 Å². The summed E-state index contributed by atoms with van der Waals surface area (Å²) < 4.78 is 0. The second kappa shape index (κ2) is 8.14. The number of carboxylic acids is 1. The van der Waals surface area contributed by atoms with Crippen LogP contribution in [0.3, 0.4) is 0 Å². The predicted octanol–water partition coefficient (Wildman–Crippen LogP) is 1.84. The van der Waals surface area contributed by atoms with Crippen LogP contribution in [0.2, 0.25) is 0 Å². The molecule has 1 saturated carbocycles. The van der Waals surface area contributed by atoms with Gasteiger partial charge in [0.05, 0.1) is 0 Å². The Bertz CT molecular complexity index is 626. The Morgan fingerprint density at radius 2 is 1.80 bits per heavy atom. The van der Waals surface area contributed by atoms with Gasteiger partial charge in [0.1, 0.15) is 11.5 Å². The molecule has 6 nitrogen and oxygen atoms in total. The molecule has 0 saturated heterocycles. The molecule has 6 heteroatoms. The molecule has 0 radical (unpaired) electrons. The highest BCUT2D eigenvalue weighted by Crippen LogP contribution is 2.28. The van der Waals surface area contributed by atoms with E-state index < -0.39 is 17.4 Å². The number of carbonyl (C=O) groups is 3. The van der Waals surface area contributed by atoms with Crippen LogP contribution in [-0.4, -0.2) is 35.5 Å². The maximum absolute atomic E-state index is 12.6. The van der Waals surface area contributed by atoms with Crippen molar-refractivity contribution in [2.24, 2.45) is 5.92 Å². The Kier molecular flexibility index (Phi) is 6.17. The van der Waals surface area contributed by atoms with Crippen LogP contribution >= 0.6 is 0 Å². The van der Waals surface area contributed by atoms with Crippen molar-refractivity contribution in [1.82, 2.24) is 10.6 Å². The van der Waals surface area contributed by atoms with Crippen LogP contribution in [0.5, 0.6) is 0 Å². The van der Waals surface area contributed by atoms with Gasteiger partial charge in [0.2, 0.25) is 11.8 Å². The van der Waals surface area contributed by atoms with Crippen LogP contribution < -0.4 is 10.6 Å². The summed E-state index contributed by atoms with van der Waals surface area (Å²) >= 11 is 0. The average Bonchev–Trinajstić information content (AvgIpc) is 3.12. The topological polar surface area (TPSA) is 95.5 Å². The van der Waals surface area contributed by atoms with Crippen LogP contribution in [-0.2, 0) is 19.8 Å². The summed E-state index contributed by atoms with van der Waals surface area (Å²) in [6.07, 6.45) is 3.89. The zero-order valence-corrected chi connectivity index (χ0v) is 14.7. The van der Waals surface area contributed by atoms with Crippen molar-refractivity contribution < 1.29 is 19.5 Å². The molecule has 2 unspecified atom stereocenters. The summed E-state index contributed by atoms with van der Waals surface area (Å²) in [6.45, 7) is 2.95. The van der Waals surface area contributed by atoms with Crippen molar-refractivity contribution in [3.8, 4) is 0 Å². The standard InChI is InChI=1S/C19H26N2O4/c1-13(22)21-16(14-8-6-7-9-14)17(23)20-12-19(2,18(24)25)15-10-4-3-5-11-15/h3-5,10-11,14,16H,6-9,12H2,1-2H3,(H,20,23)(H,21,22)(H,24,25). The molecule has 25 heavy (non-hydrogen) atoms. The molecular weight excluding hydrogens is 320 g/mol. The van der Waals surface area contributed by atoms with Crippen LogP contribution in [0.1, 0.15) is 45.1 Å². The third-order valence-corrected chi connectivity index (χ3v) is 5.01. The molecule has 2 amide bonds. The van der Waals surface area contributed by atoms with Gasteiger partial charge in [0.15, 0.2) is 0 Å². The van der Waals surface area contributed by atoms with E-state index in [1.165, 1.54) is 6.92 Å². The smallest absolute Gasteiger partial charge is 0.315 e. The summed E-state index contributed by atoms with van der Waals surface area (Å²) in [5, 5.41) is 15.2. The lowest BCUT2D eigenvalue weighted by Gasteiger charge is -2.28. The highest BCUT2D eigenvalue weighted by Gasteiger charge is 2.37. The van der Waals surface area contributed by atoms with Crippen molar-refractivity contribution in [2.75, 3.05) is 6.54 Å². The number of rotatable bonds is 7. The normalized spacial score (nSPS) is 18.2. The molecule has 0 aromatic heterocycles. The second-order valence-corrected chi connectivity index (χ2v) is 6.94. The van der Waals surface area contributed by atoms with Crippen LogP contribution in [0.15, 0.2) is 30.3 Å². The van der Waals surface area contributed by atoms with E-state index in [9.17, 15) is 19.5 Å². The summed E-state index contributed by atoms with van der Waals surface area (Å²) in [5.74, 6) is -1.46. The SMILES string of the molecule is CC(=O)NC(C(=O)NCC(C)(C(=O)O)c1ccccc1)C1CCCC1. The first-order valence-electron chi connectivity index (χ1n) is 8.68. The first kappa shape index (κ1) is 19.0. The number of aliphatic carboxylic acids is 1. The minimum absolute atomic E-state index is 0.0337. The van der Waals surface area contributed by atoms with Gasteiger partial charge in [-0.15, -0.1) is 0 Å². The van der Waals surface area contributed by atoms with E-state index in [2.05, 4.69) is 10.6 Å². The van der Waals surface area contributed by atoms with E-state index in [0.29, 0.717) is 5.56 Å². The minimum atomic E-state index is -1.23. The van der Waals surface area contributed by atoms with Gasteiger partial charge in [0.25, 0.3) is 0 Å². The van der Waals surface area contributed by atoms with Crippen molar-refractivity contribution in [3.05, 3.63) is 35.9 Å². The number of carboxylic acid groups (broad SMARTS) is 1. The van der Waals surface area contributed by atoms with Gasteiger partial charge in [-0.25, -0.2) is 0 Å².